The molecule has 1 fully saturated rings. The van der Waals surface area contributed by atoms with Gasteiger partial charge in [0.1, 0.15) is 0 Å². The minimum atomic E-state index is -2.43. The van der Waals surface area contributed by atoms with Crippen molar-refractivity contribution >= 4 is 46.4 Å². The van der Waals surface area contributed by atoms with Gasteiger partial charge in [-0.1, -0.05) is 0 Å². The van der Waals surface area contributed by atoms with E-state index in [-0.39, 0.29) is 0 Å². The SMILES string of the molecule is CC=C1COCC1=CC(/C=C/c1c(C)c(C)c(/C=C/C)c2nn(C)nc12)=C([C]#[Os])[P+](c1ccccc1)(c1ccccc1)c1ccccc1. The van der Waals surface area contributed by atoms with Gasteiger partial charge in [0, 0.05) is 0 Å². The van der Waals surface area contributed by atoms with Gasteiger partial charge in [0.15, 0.2) is 0 Å². The van der Waals surface area contributed by atoms with Crippen LogP contribution < -0.4 is 15.9 Å². The molecule has 0 bridgehead atoms. The van der Waals surface area contributed by atoms with Crippen LogP contribution in [0.1, 0.15) is 36.1 Å². The number of hydrogen-bond donors (Lipinski definition) is 0. The fraction of sp³-hybridized carbons (Fsp3) is 0.167. The molecule has 1 aliphatic rings. The van der Waals surface area contributed by atoms with Gasteiger partial charge in [-0.3, -0.25) is 0 Å². The fourth-order valence-electron chi connectivity index (χ4n) is 6.61. The summed E-state index contributed by atoms with van der Waals surface area (Å²) in [7, 11) is -0.537. The maximum absolute atomic E-state index is 5.99. The van der Waals surface area contributed by atoms with Crippen molar-refractivity contribution in [2.24, 2.45) is 7.05 Å². The molecule has 2 heterocycles. The third kappa shape index (κ3) is 6.21. The van der Waals surface area contributed by atoms with E-state index in [1.807, 2.05) is 14.0 Å². The second-order valence-corrected chi connectivity index (χ2v) is 15.8. The van der Waals surface area contributed by atoms with E-state index in [1.165, 1.54) is 43.5 Å². The van der Waals surface area contributed by atoms with Gasteiger partial charge < -0.3 is 0 Å². The van der Waals surface area contributed by atoms with E-state index in [0.717, 1.165) is 27.7 Å². The zero-order valence-electron chi connectivity index (χ0n) is 28.1. The molecule has 0 amide bonds. The Morgan fingerprint density at radius 3 is 1.69 bits per heavy atom. The van der Waals surface area contributed by atoms with Gasteiger partial charge in [-0.15, -0.1) is 0 Å². The number of fused-ring (bicyclic) bond motifs is 1. The third-order valence-corrected chi connectivity index (χ3v) is 14.5. The van der Waals surface area contributed by atoms with Crippen molar-refractivity contribution in [3.05, 3.63) is 160 Å². The summed E-state index contributed by atoms with van der Waals surface area (Å²) >= 11 is 1.80. The first kappa shape index (κ1) is 33.7. The molecule has 241 valence electrons. The molecule has 0 spiro atoms. The van der Waals surface area contributed by atoms with Gasteiger partial charge >= 0.3 is 296 Å². The van der Waals surface area contributed by atoms with Crippen molar-refractivity contribution in [2.75, 3.05) is 13.2 Å². The number of rotatable bonds is 8. The van der Waals surface area contributed by atoms with Gasteiger partial charge in [-0.25, -0.2) is 0 Å². The molecule has 0 N–H and O–H groups in total. The van der Waals surface area contributed by atoms with Crippen LogP contribution in [0, 0.1) is 18.2 Å². The van der Waals surface area contributed by atoms with E-state index in [4.69, 9.17) is 14.9 Å². The molecule has 0 atom stereocenters. The molecule has 1 saturated heterocycles. The molecule has 1 aliphatic heterocycles. The molecular formula is C42H40N3OOsP+. The number of benzene rings is 4. The summed E-state index contributed by atoms with van der Waals surface area (Å²) in [5.74, 6) is 0. The van der Waals surface area contributed by atoms with Crippen LogP contribution in [0.4, 0.5) is 0 Å². The zero-order valence-corrected chi connectivity index (χ0v) is 31.5. The fourth-order valence-corrected chi connectivity index (χ4v) is 12.4. The van der Waals surface area contributed by atoms with Crippen LogP contribution in [0.25, 0.3) is 23.2 Å². The summed E-state index contributed by atoms with van der Waals surface area (Å²) in [5, 5.41) is 14.7. The van der Waals surface area contributed by atoms with Gasteiger partial charge in [0.25, 0.3) is 0 Å². The Balaban J connectivity index is 1.74. The van der Waals surface area contributed by atoms with Gasteiger partial charge in [0.05, 0.1) is 0 Å². The van der Waals surface area contributed by atoms with Gasteiger partial charge in [-0.2, -0.15) is 0 Å². The predicted molar refractivity (Wildman–Crippen MR) is 200 cm³/mol. The first-order valence-electron chi connectivity index (χ1n) is 16.2. The van der Waals surface area contributed by atoms with Crippen molar-refractivity contribution in [2.45, 2.75) is 27.7 Å². The monoisotopic (exact) mass is 825 g/mol. The Kier molecular flexibility index (Phi) is 10.5. The molecule has 0 aliphatic carbocycles. The quantitative estimate of drug-likeness (QED) is 0.117. The molecule has 0 unspecified atom stereocenters. The Hall–Kier alpha value is -4.21. The van der Waals surface area contributed by atoms with Crippen LogP contribution in [0.2, 0.25) is 0 Å². The number of ether oxygens (including phenoxy) is 1. The van der Waals surface area contributed by atoms with Crippen LogP contribution >= 0.6 is 7.26 Å². The normalized spacial score (nSPS) is 16.0. The van der Waals surface area contributed by atoms with Crippen LogP contribution in [-0.2, 0) is 29.7 Å². The van der Waals surface area contributed by atoms with E-state index in [2.05, 4.69) is 153 Å². The molecule has 5 aromatic rings. The summed E-state index contributed by atoms with van der Waals surface area (Å²) in [6.45, 7) is 9.71. The predicted octanol–water partition coefficient (Wildman–Crippen LogP) is 8.29. The average molecular weight is 824 g/mol. The minimum absolute atomic E-state index is 0.578. The van der Waals surface area contributed by atoms with Crippen molar-refractivity contribution in [1.82, 2.24) is 15.0 Å². The molecular weight excluding hydrogens is 784 g/mol. The summed E-state index contributed by atoms with van der Waals surface area (Å²) in [6.07, 6.45) is 13.2. The van der Waals surface area contributed by atoms with Crippen molar-refractivity contribution in [3.8, 4) is 4.37 Å². The molecule has 4 nitrogen and oxygen atoms in total. The third-order valence-electron chi connectivity index (χ3n) is 9.09. The molecule has 4 aromatic carbocycles. The summed E-state index contributed by atoms with van der Waals surface area (Å²) in [6, 6.07) is 33.0. The molecule has 0 radical (unpaired) electrons. The first-order chi connectivity index (χ1) is 23.4. The number of allylic oxidation sites excluding steroid dienone is 6. The molecule has 6 heteroatoms. The Bertz CT molecular complexity index is 2050. The molecule has 1 aromatic heterocycles. The standard InChI is InChI=1S/C42H40N3OP.Os/c1-7-18-39-30(3)31(4)40(42-41(39)43-45(6)44-42)26-25-34(27-35-29-46-28-33(35)8-2)32(5)47(36-19-12-9-13-20-36,37-21-14-10-15-22-37)38-23-16-11-17-24-38;/h7-27H,28-29H2,1-4,6H3;/q+1;/b18-7+,26-25+,33-8?,34-32?,35-27?;. The second kappa shape index (κ2) is 14.9. The number of nitrogens with zero attached hydrogens (tertiary/aromatic N) is 3. The van der Waals surface area contributed by atoms with Gasteiger partial charge in [-0.05, 0) is 0 Å². The van der Waals surface area contributed by atoms with Crippen molar-refractivity contribution in [1.29, 1.82) is 0 Å². The van der Waals surface area contributed by atoms with E-state index in [1.54, 1.807) is 22.7 Å². The Labute approximate surface area is 294 Å². The molecule has 48 heavy (non-hydrogen) atoms. The van der Waals surface area contributed by atoms with Crippen LogP contribution in [-0.4, -0.2) is 28.2 Å². The Morgan fingerprint density at radius 2 is 1.23 bits per heavy atom. The van der Waals surface area contributed by atoms with Crippen molar-refractivity contribution in [3.63, 3.8) is 0 Å². The zero-order chi connectivity index (χ0) is 33.7. The van der Waals surface area contributed by atoms with Crippen LogP contribution in [0.5, 0.6) is 0 Å². The van der Waals surface area contributed by atoms with E-state index < -0.39 is 7.26 Å². The van der Waals surface area contributed by atoms with Crippen LogP contribution in [0.3, 0.4) is 0 Å². The second-order valence-electron chi connectivity index (χ2n) is 11.8. The molecule has 6 rings (SSSR count). The number of aromatic nitrogens is 3. The van der Waals surface area contributed by atoms with Gasteiger partial charge in [0.2, 0.25) is 0 Å². The number of hydrogen-bond acceptors (Lipinski definition) is 3. The summed E-state index contributed by atoms with van der Waals surface area (Å²) in [4.78, 5) is 1.68. The number of aryl methyl sites for hydroxylation is 1. The van der Waals surface area contributed by atoms with Crippen LogP contribution in [0.15, 0.2) is 137 Å². The average Bonchev–Trinajstić information content (AvgIpc) is 3.75. The Morgan fingerprint density at radius 1 is 0.750 bits per heavy atom. The maximum atomic E-state index is 5.99. The first-order valence-corrected chi connectivity index (χ1v) is 19.2. The molecule has 0 saturated carbocycles. The summed E-state index contributed by atoms with van der Waals surface area (Å²) in [5.41, 5.74) is 9.95. The van der Waals surface area contributed by atoms with E-state index in [0.29, 0.717) is 13.2 Å². The topological polar surface area (TPSA) is 39.9 Å². The van der Waals surface area contributed by atoms with E-state index in [9.17, 15) is 0 Å². The van der Waals surface area contributed by atoms with E-state index >= 15 is 0 Å². The van der Waals surface area contributed by atoms with Crippen molar-refractivity contribution < 1.29 is 22.7 Å². The summed E-state index contributed by atoms with van der Waals surface area (Å²) < 4.78 is 9.82.